The van der Waals surface area contributed by atoms with E-state index in [9.17, 15) is 4.79 Å². The summed E-state index contributed by atoms with van der Waals surface area (Å²) in [7, 11) is 0. The molecular weight excluding hydrogens is 444 g/mol. The molecule has 25 heavy (non-hydrogen) atoms. The van der Waals surface area contributed by atoms with Gasteiger partial charge in [-0.1, -0.05) is 110 Å². The van der Waals surface area contributed by atoms with Crippen LogP contribution in [0.15, 0.2) is 0 Å². The minimum Gasteiger partial charge on any atom is -0.466 e. The zero-order chi connectivity index (χ0) is 18.8. The lowest BCUT2D eigenvalue weighted by molar-refractivity contribution is -0.143. The topological polar surface area (TPSA) is 26.3 Å². The summed E-state index contributed by atoms with van der Waals surface area (Å²) in [6.45, 7) is 4.86. The minimum atomic E-state index is -0.0285. The van der Waals surface area contributed by atoms with Crippen LogP contribution >= 0.6 is 31.9 Å². The molecular formula is C21H40Br2O2. The van der Waals surface area contributed by atoms with Gasteiger partial charge in [0.1, 0.15) is 0 Å². The van der Waals surface area contributed by atoms with Gasteiger partial charge in [-0.2, -0.15) is 0 Å². The number of carbonyl (C=O) groups excluding carboxylic acids is 1. The first-order valence-corrected chi connectivity index (χ1v) is 12.4. The minimum absolute atomic E-state index is 0.0285. The number of hydrogen-bond acceptors (Lipinski definition) is 2. The Hall–Kier alpha value is 0.430. The Morgan fingerprint density at radius 1 is 0.720 bits per heavy atom. The van der Waals surface area contributed by atoms with E-state index in [0.717, 1.165) is 19.3 Å². The average Bonchev–Trinajstić information content (AvgIpc) is 2.61. The maximum Gasteiger partial charge on any atom is 0.305 e. The maximum absolute atomic E-state index is 11.4. The molecule has 0 bridgehead atoms. The molecule has 0 heterocycles. The number of esters is 1. The first kappa shape index (κ1) is 25.4. The van der Waals surface area contributed by atoms with Gasteiger partial charge in [0.05, 0.1) is 6.61 Å². The van der Waals surface area contributed by atoms with Crippen molar-refractivity contribution in [1.29, 1.82) is 0 Å². The summed E-state index contributed by atoms with van der Waals surface area (Å²) in [5, 5.41) is 0. The highest BCUT2D eigenvalue weighted by Crippen LogP contribution is 2.25. The van der Waals surface area contributed by atoms with E-state index in [4.69, 9.17) is 4.74 Å². The largest absolute Gasteiger partial charge is 0.466 e. The van der Waals surface area contributed by atoms with Crippen molar-refractivity contribution in [2.75, 3.05) is 6.61 Å². The molecule has 2 atom stereocenters. The van der Waals surface area contributed by atoms with Gasteiger partial charge in [-0.05, 0) is 25.7 Å². The Bertz CT molecular complexity index is 298. The Kier molecular flexibility index (Phi) is 19.5. The van der Waals surface area contributed by atoms with Gasteiger partial charge in [-0.15, -0.1) is 0 Å². The fourth-order valence-electron chi connectivity index (χ4n) is 2.91. The summed E-state index contributed by atoms with van der Waals surface area (Å²) in [6.07, 6.45) is 18.1. The second-order valence-corrected chi connectivity index (χ2v) is 9.47. The number of unbranched alkanes of at least 4 members (excludes halogenated alkanes) is 9. The van der Waals surface area contributed by atoms with Crippen molar-refractivity contribution in [2.45, 2.75) is 120 Å². The van der Waals surface area contributed by atoms with E-state index in [-0.39, 0.29) is 5.97 Å². The SMILES string of the molecule is CCCCCCCCC(Br)C(Br)CCCCCCCC(=O)OCCC. The summed E-state index contributed by atoms with van der Waals surface area (Å²) < 4.78 is 5.09. The lowest BCUT2D eigenvalue weighted by atomic mass is 10.0. The normalized spacial score (nSPS) is 13.6. The number of ether oxygens (including phenoxy) is 1. The van der Waals surface area contributed by atoms with Crippen molar-refractivity contribution < 1.29 is 9.53 Å². The van der Waals surface area contributed by atoms with E-state index < -0.39 is 0 Å². The van der Waals surface area contributed by atoms with E-state index in [1.54, 1.807) is 0 Å². The lowest BCUT2D eigenvalue weighted by Crippen LogP contribution is -2.13. The summed E-state index contributed by atoms with van der Waals surface area (Å²) >= 11 is 7.71. The molecule has 0 aromatic heterocycles. The van der Waals surface area contributed by atoms with Crippen molar-refractivity contribution in [3.8, 4) is 0 Å². The number of alkyl halides is 2. The van der Waals surface area contributed by atoms with Gasteiger partial charge in [-0.25, -0.2) is 0 Å². The third kappa shape index (κ3) is 17.6. The average molecular weight is 484 g/mol. The standard InChI is InChI=1S/C21H40Br2O2/c1-3-5-6-7-9-12-15-19(22)20(23)16-13-10-8-11-14-17-21(24)25-18-4-2/h19-20H,3-18H2,1-2H3. The molecule has 0 aliphatic rings. The van der Waals surface area contributed by atoms with Gasteiger partial charge in [0, 0.05) is 16.1 Å². The first-order chi connectivity index (χ1) is 12.1. The van der Waals surface area contributed by atoms with Crippen LogP contribution in [-0.4, -0.2) is 22.2 Å². The Morgan fingerprint density at radius 3 is 1.72 bits per heavy atom. The molecule has 2 unspecified atom stereocenters. The Labute approximate surface area is 173 Å². The molecule has 0 aromatic carbocycles. The number of halogens is 2. The monoisotopic (exact) mass is 482 g/mol. The van der Waals surface area contributed by atoms with Gasteiger partial charge in [-0.3, -0.25) is 4.79 Å². The van der Waals surface area contributed by atoms with Gasteiger partial charge in [0.25, 0.3) is 0 Å². The molecule has 0 aliphatic heterocycles. The van der Waals surface area contributed by atoms with E-state index in [0.29, 0.717) is 22.7 Å². The molecule has 0 N–H and O–H groups in total. The van der Waals surface area contributed by atoms with E-state index in [1.807, 2.05) is 6.92 Å². The number of hydrogen-bond donors (Lipinski definition) is 0. The Morgan fingerprint density at radius 2 is 1.20 bits per heavy atom. The van der Waals surface area contributed by atoms with Gasteiger partial charge < -0.3 is 4.74 Å². The van der Waals surface area contributed by atoms with Crippen LogP contribution in [0.3, 0.4) is 0 Å². The molecule has 0 saturated heterocycles. The smallest absolute Gasteiger partial charge is 0.305 e. The fraction of sp³-hybridized carbons (Fsp3) is 0.952. The number of carbonyl (C=O) groups is 1. The molecule has 0 fully saturated rings. The van der Waals surface area contributed by atoms with Crippen LogP contribution in [0.1, 0.15) is 110 Å². The van der Waals surface area contributed by atoms with Crippen LogP contribution in [0.4, 0.5) is 0 Å². The number of rotatable bonds is 18. The summed E-state index contributed by atoms with van der Waals surface area (Å²) in [4.78, 5) is 12.6. The third-order valence-electron chi connectivity index (χ3n) is 4.55. The second kappa shape index (κ2) is 19.2. The molecule has 0 amide bonds. The summed E-state index contributed by atoms with van der Waals surface area (Å²) in [5.41, 5.74) is 0. The summed E-state index contributed by atoms with van der Waals surface area (Å²) in [5.74, 6) is -0.0285. The Balaban J connectivity index is 3.41. The van der Waals surface area contributed by atoms with Crippen LogP contribution in [0.25, 0.3) is 0 Å². The molecule has 0 saturated carbocycles. The second-order valence-electron chi connectivity index (χ2n) is 7.12. The molecule has 0 rings (SSSR count). The van der Waals surface area contributed by atoms with Crippen LogP contribution < -0.4 is 0 Å². The molecule has 0 spiro atoms. The predicted molar refractivity (Wildman–Crippen MR) is 117 cm³/mol. The molecule has 4 heteroatoms. The molecule has 0 aliphatic carbocycles. The van der Waals surface area contributed by atoms with Gasteiger partial charge in [0.15, 0.2) is 0 Å². The van der Waals surface area contributed by atoms with Crippen LogP contribution in [0, 0.1) is 0 Å². The molecule has 150 valence electrons. The van der Waals surface area contributed by atoms with Crippen LogP contribution in [-0.2, 0) is 9.53 Å². The van der Waals surface area contributed by atoms with Crippen molar-refractivity contribution in [2.24, 2.45) is 0 Å². The van der Waals surface area contributed by atoms with Gasteiger partial charge in [0.2, 0.25) is 0 Å². The van der Waals surface area contributed by atoms with Crippen molar-refractivity contribution in [3.05, 3.63) is 0 Å². The predicted octanol–water partition coefficient (Wildman–Crippen LogP) is 7.95. The zero-order valence-corrected chi connectivity index (χ0v) is 19.7. The molecule has 0 aromatic rings. The molecule has 2 nitrogen and oxygen atoms in total. The third-order valence-corrected chi connectivity index (χ3v) is 7.46. The van der Waals surface area contributed by atoms with E-state index >= 15 is 0 Å². The summed E-state index contributed by atoms with van der Waals surface area (Å²) in [6, 6.07) is 0. The highest BCUT2D eigenvalue weighted by molar-refractivity contribution is 9.12. The van der Waals surface area contributed by atoms with E-state index in [2.05, 4.69) is 38.8 Å². The maximum atomic E-state index is 11.4. The highest BCUT2D eigenvalue weighted by Gasteiger charge is 2.14. The quantitative estimate of drug-likeness (QED) is 0.112. The van der Waals surface area contributed by atoms with Crippen LogP contribution in [0.5, 0.6) is 0 Å². The molecule has 0 radical (unpaired) electrons. The zero-order valence-electron chi connectivity index (χ0n) is 16.5. The highest BCUT2D eigenvalue weighted by atomic mass is 79.9. The van der Waals surface area contributed by atoms with Crippen molar-refractivity contribution in [3.63, 3.8) is 0 Å². The van der Waals surface area contributed by atoms with E-state index in [1.165, 1.54) is 70.6 Å². The van der Waals surface area contributed by atoms with Crippen molar-refractivity contribution in [1.82, 2.24) is 0 Å². The van der Waals surface area contributed by atoms with Gasteiger partial charge >= 0.3 is 5.97 Å². The van der Waals surface area contributed by atoms with Crippen molar-refractivity contribution >= 4 is 37.8 Å². The fourth-order valence-corrected chi connectivity index (χ4v) is 4.08. The first-order valence-electron chi connectivity index (χ1n) is 10.6. The lowest BCUT2D eigenvalue weighted by Gasteiger charge is -2.16. The van der Waals surface area contributed by atoms with Crippen LogP contribution in [0.2, 0.25) is 0 Å².